The van der Waals surface area contributed by atoms with Crippen molar-refractivity contribution in [1.29, 1.82) is 0 Å². The van der Waals surface area contributed by atoms with Crippen molar-refractivity contribution in [3.05, 3.63) is 64.8 Å². The van der Waals surface area contributed by atoms with Gasteiger partial charge in [0.05, 0.1) is 30.5 Å². The maximum absolute atomic E-state index is 12.0. The maximum atomic E-state index is 12.0. The van der Waals surface area contributed by atoms with Crippen LogP contribution in [0.3, 0.4) is 0 Å². The fraction of sp³-hybridized carbons (Fsp3) is 0.333. The number of nitrogens with zero attached hydrogens (tertiary/aromatic N) is 4. The molecule has 0 aliphatic carbocycles. The minimum absolute atomic E-state index is 0.0394. The van der Waals surface area contributed by atoms with Crippen LogP contribution in [0.4, 0.5) is 0 Å². The zero-order chi connectivity index (χ0) is 24.9. The molecule has 3 aromatic rings. The summed E-state index contributed by atoms with van der Waals surface area (Å²) in [5.74, 6) is 1.65. The van der Waals surface area contributed by atoms with Crippen molar-refractivity contribution in [3.63, 3.8) is 0 Å². The number of nitrogens with one attached hydrogen (secondary N) is 1. The Morgan fingerprint density at radius 2 is 1.69 bits per heavy atom. The van der Waals surface area contributed by atoms with Gasteiger partial charge in [-0.2, -0.15) is 0 Å². The Balaban J connectivity index is 1.28. The highest BCUT2D eigenvalue weighted by molar-refractivity contribution is 5.75. The molecule has 1 heterocycles. The van der Waals surface area contributed by atoms with Crippen LogP contribution in [0.2, 0.25) is 0 Å². The van der Waals surface area contributed by atoms with Crippen molar-refractivity contribution >= 4 is 24.9 Å². The molecule has 1 amide bonds. The molecule has 0 fully saturated rings. The lowest BCUT2D eigenvalue weighted by molar-refractivity contribution is -0.121. The molecule has 0 atom stereocenters. The maximum Gasteiger partial charge on any atom is 0.220 e. The van der Waals surface area contributed by atoms with E-state index in [1.54, 1.807) is 17.1 Å². The summed E-state index contributed by atoms with van der Waals surface area (Å²) in [6.45, 7) is 9.67. The number of hydrogen-bond donors (Lipinski definition) is 1. The summed E-state index contributed by atoms with van der Waals surface area (Å²) < 4.78 is 13.1. The molecule has 184 valence electrons. The van der Waals surface area contributed by atoms with Gasteiger partial charge in [0, 0.05) is 19.2 Å². The quantitative estimate of drug-likeness (QED) is 0.303. The number of amides is 1. The molecule has 8 nitrogen and oxygen atoms in total. The second kappa shape index (κ2) is 13.7. The number of aromatic nitrogens is 3. The number of rotatable bonds is 13. The Morgan fingerprint density at radius 3 is 2.37 bits per heavy atom. The van der Waals surface area contributed by atoms with Gasteiger partial charge in [-0.05, 0) is 69.5 Å². The van der Waals surface area contributed by atoms with E-state index < -0.39 is 0 Å². The zero-order valence-corrected chi connectivity index (χ0v) is 20.4. The first-order chi connectivity index (χ1) is 17.1. The van der Waals surface area contributed by atoms with E-state index >= 15 is 0 Å². The molecule has 0 unspecified atom stereocenters. The standard InChI is InChI=1S/C27H33N5O3/c1-4-28-20-26-22(3)32(31-30-26)23-11-15-25(16-12-23)35-19-7-8-27(33)29-17-5-6-18-34-24-13-9-21(2)10-14-24/h4,9-16,20H,3,5-8,17-19H2,1-2H3,(H,29,33)/b26-20+,28-4?. The third-order valence-electron chi connectivity index (χ3n) is 5.22. The molecule has 3 rings (SSSR count). The van der Waals surface area contributed by atoms with E-state index in [4.69, 9.17) is 9.47 Å². The van der Waals surface area contributed by atoms with E-state index in [1.165, 1.54) is 5.56 Å². The zero-order valence-electron chi connectivity index (χ0n) is 20.4. The number of carbonyl (C=O) groups is 1. The first kappa shape index (κ1) is 25.7. The van der Waals surface area contributed by atoms with Crippen LogP contribution in [-0.4, -0.2) is 46.9 Å². The molecule has 1 aromatic heterocycles. The van der Waals surface area contributed by atoms with Crippen molar-refractivity contribution < 1.29 is 14.3 Å². The van der Waals surface area contributed by atoms with Crippen LogP contribution in [0.1, 0.15) is 38.2 Å². The number of carbonyl (C=O) groups excluding carboxylic acids is 1. The molecular weight excluding hydrogens is 442 g/mol. The van der Waals surface area contributed by atoms with Crippen LogP contribution in [0.25, 0.3) is 18.5 Å². The molecule has 2 aromatic carbocycles. The lowest BCUT2D eigenvalue weighted by Gasteiger charge is -2.09. The van der Waals surface area contributed by atoms with Crippen LogP contribution in [-0.2, 0) is 4.79 Å². The number of hydrogen-bond acceptors (Lipinski definition) is 6. The lowest BCUT2D eigenvalue weighted by Crippen LogP contribution is -2.27. The summed E-state index contributed by atoms with van der Waals surface area (Å²) in [5, 5.41) is 12.4. The minimum Gasteiger partial charge on any atom is -0.494 e. The summed E-state index contributed by atoms with van der Waals surface area (Å²) in [7, 11) is 0. The molecule has 35 heavy (non-hydrogen) atoms. The van der Waals surface area contributed by atoms with Crippen LogP contribution in [0.15, 0.2) is 53.5 Å². The third-order valence-corrected chi connectivity index (χ3v) is 5.22. The average molecular weight is 476 g/mol. The fourth-order valence-corrected chi connectivity index (χ4v) is 3.24. The van der Waals surface area contributed by atoms with Crippen molar-refractivity contribution in [1.82, 2.24) is 20.3 Å². The Bertz CT molecular complexity index is 1200. The number of ether oxygens (including phenoxy) is 2. The van der Waals surface area contributed by atoms with Crippen molar-refractivity contribution in [2.75, 3.05) is 19.8 Å². The number of aryl methyl sites for hydroxylation is 1. The van der Waals surface area contributed by atoms with Gasteiger partial charge in [0.15, 0.2) is 0 Å². The molecule has 0 aliphatic heterocycles. The second-order valence-corrected chi connectivity index (χ2v) is 8.03. The van der Waals surface area contributed by atoms with Crippen LogP contribution in [0, 0.1) is 6.92 Å². The molecule has 0 aliphatic rings. The first-order valence-electron chi connectivity index (χ1n) is 11.8. The highest BCUT2D eigenvalue weighted by Gasteiger charge is 2.04. The Morgan fingerprint density at radius 1 is 1.03 bits per heavy atom. The van der Waals surface area contributed by atoms with Crippen molar-refractivity contribution in [2.24, 2.45) is 4.99 Å². The highest BCUT2D eigenvalue weighted by atomic mass is 16.5. The van der Waals surface area contributed by atoms with Gasteiger partial charge in [0.2, 0.25) is 5.91 Å². The van der Waals surface area contributed by atoms with Crippen molar-refractivity contribution in [3.8, 4) is 17.2 Å². The predicted octanol–water partition coefficient (Wildman–Crippen LogP) is 2.95. The number of benzene rings is 2. The van der Waals surface area contributed by atoms with E-state index in [-0.39, 0.29) is 5.91 Å². The van der Waals surface area contributed by atoms with Crippen LogP contribution in [0.5, 0.6) is 11.5 Å². The topological polar surface area (TPSA) is 90.6 Å². The van der Waals surface area contributed by atoms with Crippen molar-refractivity contribution in [2.45, 2.75) is 39.5 Å². The summed E-state index contributed by atoms with van der Waals surface area (Å²) in [6, 6.07) is 15.5. The normalized spacial score (nSPS) is 11.7. The van der Waals surface area contributed by atoms with Gasteiger partial charge >= 0.3 is 0 Å². The summed E-state index contributed by atoms with van der Waals surface area (Å²) in [5.41, 5.74) is 2.05. The molecule has 1 N–H and O–H groups in total. The van der Waals surface area contributed by atoms with Gasteiger partial charge in [-0.3, -0.25) is 9.79 Å². The number of aliphatic imine (C=N–C) groups is 1. The molecule has 8 heteroatoms. The van der Waals surface area contributed by atoms with E-state index in [0.29, 0.717) is 43.3 Å². The summed E-state index contributed by atoms with van der Waals surface area (Å²) >= 11 is 0. The average Bonchev–Trinajstić information content (AvgIpc) is 3.24. The Hall–Kier alpha value is -3.94. The SMILES string of the molecule is C=c1/c(=C\N=CC)nnn1-c1ccc(OCCCC(=O)NCCCCOc2ccc(C)cc2)cc1. The Kier molecular flexibility index (Phi) is 10.0. The minimum atomic E-state index is 0.0394. The van der Waals surface area contributed by atoms with Gasteiger partial charge in [-0.25, -0.2) is 4.68 Å². The molecule has 0 spiro atoms. The third kappa shape index (κ3) is 8.41. The monoisotopic (exact) mass is 475 g/mol. The molecule has 0 saturated carbocycles. The van der Waals surface area contributed by atoms with Gasteiger partial charge in [-0.1, -0.05) is 29.5 Å². The molecular formula is C27H33N5O3. The Labute approximate surface area is 206 Å². The van der Waals surface area contributed by atoms with E-state index in [1.807, 2.05) is 55.5 Å². The highest BCUT2D eigenvalue weighted by Crippen LogP contribution is 2.14. The second-order valence-electron chi connectivity index (χ2n) is 8.03. The largest absolute Gasteiger partial charge is 0.494 e. The smallest absolute Gasteiger partial charge is 0.220 e. The molecule has 0 bridgehead atoms. The van der Waals surface area contributed by atoms with E-state index in [9.17, 15) is 4.79 Å². The van der Waals surface area contributed by atoms with Crippen LogP contribution >= 0.6 is 0 Å². The number of unbranched alkanes of at least 4 members (excludes halogenated alkanes) is 1. The lowest BCUT2D eigenvalue weighted by atomic mass is 10.2. The van der Waals surface area contributed by atoms with Crippen LogP contribution < -0.4 is 25.5 Å². The first-order valence-corrected chi connectivity index (χ1v) is 11.8. The van der Waals surface area contributed by atoms with Gasteiger partial charge in [-0.15, -0.1) is 5.10 Å². The molecule has 0 radical (unpaired) electrons. The van der Waals surface area contributed by atoms with E-state index in [0.717, 1.165) is 30.0 Å². The van der Waals surface area contributed by atoms with Gasteiger partial charge in [0.25, 0.3) is 0 Å². The summed E-state index contributed by atoms with van der Waals surface area (Å²) in [4.78, 5) is 16.1. The summed E-state index contributed by atoms with van der Waals surface area (Å²) in [6.07, 6.45) is 6.16. The van der Waals surface area contributed by atoms with Gasteiger partial charge in [0.1, 0.15) is 16.8 Å². The predicted molar refractivity (Wildman–Crippen MR) is 138 cm³/mol. The van der Waals surface area contributed by atoms with Gasteiger partial charge < -0.3 is 14.8 Å². The fourth-order valence-electron chi connectivity index (χ4n) is 3.24. The van der Waals surface area contributed by atoms with E-state index in [2.05, 4.69) is 34.1 Å². The molecule has 0 saturated heterocycles.